The number of carbonyl (C=O) groups is 1. The summed E-state index contributed by atoms with van der Waals surface area (Å²) < 4.78 is 1.86. The van der Waals surface area contributed by atoms with Gasteiger partial charge in [0.25, 0.3) is 5.91 Å². The first-order valence-electron chi connectivity index (χ1n) is 8.53. The highest BCUT2D eigenvalue weighted by Crippen LogP contribution is 2.25. The molecule has 2 N–H and O–H groups in total. The molecule has 4 heterocycles. The number of pyridine rings is 1. The van der Waals surface area contributed by atoms with Crippen molar-refractivity contribution in [2.24, 2.45) is 12.0 Å². The van der Waals surface area contributed by atoms with Crippen LogP contribution in [0.25, 0.3) is 11.0 Å². The second-order valence-corrected chi connectivity index (χ2v) is 7.94. The topological polar surface area (TPSA) is 110 Å². The van der Waals surface area contributed by atoms with E-state index in [1.165, 1.54) is 6.33 Å². The molecule has 0 saturated heterocycles. The zero-order valence-electron chi connectivity index (χ0n) is 15.1. The van der Waals surface area contributed by atoms with E-state index in [9.17, 15) is 4.79 Å². The van der Waals surface area contributed by atoms with Crippen molar-refractivity contribution in [3.63, 3.8) is 0 Å². The number of fused-ring (bicyclic) bond motifs is 1. The quantitative estimate of drug-likeness (QED) is 0.626. The molecule has 144 valence electrons. The van der Waals surface area contributed by atoms with Gasteiger partial charge in [-0.1, -0.05) is 23.4 Å². The third-order valence-corrected chi connectivity index (χ3v) is 5.83. The number of amides is 1. The standard InChI is InChI=1S/C17H17ClN8OS/c1-9(13-6-20-17(28-13)25-15-4-14(18)21-7-22-15)24-16(27)10-3-12-11(5-19-10)23-8-26(12)2/h3-5,7-9,13H,6H2,1-2H3,(H,24,27)(H,20,21,22,25). The lowest BCUT2D eigenvalue weighted by molar-refractivity contribution is 0.0935. The Morgan fingerprint density at radius 1 is 1.32 bits per heavy atom. The SMILES string of the molecule is CC(NC(=O)c1cc2c(cn1)ncn2C)C1CN=C(Nc2cc(Cl)ncn2)S1. The first-order valence-corrected chi connectivity index (χ1v) is 9.79. The van der Waals surface area contributed by atoms with Crippen LogP contribution < -0.4 is 10.6 Å². The van der Waals surface area contributed by atoms with Crippen LogP contribution in [0.2, 0.25) is 5.15 Å². The highest BCUT2D eigenvalue weighted by molar-refractivity contribution is 8.15. The number of imidazole rings is 1. The first-order chi connectivity index (χ1) is 13.5. The van der Waals surface area contributed by atoms with E-state index in [1.807, 2.05) is 18.5 Å². The van der Waals surface area contributed by atoms with Gasteiger partial charge in [-0.15, -0.1) is 0 Å². The van der Waals surface area contributed by atoms with Crippen LogP contribution >= 0.6 is 23.4 Å². The van der Waals surface area contributed by atoms with Crippen molar-refractivity contribution < 1.29 is 4.79 Å². The lowest BCUT2D eigenvalue weighted by Crippen LogP contribution is -2.40. The van der Waals surface area contributed by atoms with E-state index >= 15 is 0 Å². The number of aromatic nitrogens is 5. The van der Waals surface area contributed by atoms with Gasteiger partial charge in [-0.2, -0.15) is 0 Å². The molecule has 0 fully saturated rings. The highest BCUT2D eigenvalue weighted by Gasteiger charge is 2.27. The molecule has 0 radical (unpaired) electrons. The second kappa shape index (κ2) is 7.72. The Morgan fingerprint density at radius 2 is 2.18 bits per heavy atom. The zero-order chi connectivity index (χ0) is 19.7. The number of carbonyl (C=O) groups excluding carboxylic acids is 1. The summed E-state index contributed by atoms with van der Waals surface area (Å²) in [5, 5.41) is 7.32. The number of hydrogen-bond acceptors (Lipinski definition) is 8. The summed E-state index contributed by atoms with van der Waals surface area (Å²) in [6.07, 6.45) is 4.69. The molecule has 2 atom stereocenters. The molecule has 4 rings (SSSR count). The van der Waals surface area contributed by atoms with Gasteiger partial charge in [0.05, 0.1) is 29.8 Å². The first kappa shape index (κ1) is 18.6. The van der Waals surface area contributed by atoms with Crippen molar-refractivity contribution in [2.75, 3.05) is 11.9 Å². The van der Waals surface area contributed by atoms with Gasteiger partial charge in [0, 0.05) is 19.2 Å². The van der Waals surface area contributed by atoms with Crippen LogP contribution in [-0.2, 0) is 7.05 Å². The van der Waals surface area contributed by atoms with Crippen molar-refractivity contribution >= 4 is 51.3 Å². The Kier molecular flexibility index (Phi) is 5.14. The number of nitrogens with zero attached hydrogens (tertiary/aromatic N) is 6. The molecule has 3 aromatic heterocycles. The maximum Gasteiger partial charge on any atom is 0.270 e. The van der Waals surface area contributed by atoms with E-state index in [-0.39, 0.29) is 17.2 Å². The maximum atomic E-state index is 12.6. The summed E-state index contributed by atoms with van der Waals surface area (Å²) in [5.41, 5.74) is 1.98. The minimum atomic E-state index is -0.222. The average Bonchev–Trinajstić information content (AvgIpc) is 3.28. The molecular weight excluding hydrogens is 400 g/mol. The van der Waals surface area contributed by atoms with Crippen LogP contribution in [0.1, 0.15) is 17.4 Å². The molecule has 0 aromatic carbocycles. The second-order valence-electron chi connectivity index (χ2n) is 6.33. The van der Waals surface area contributed by atoms with E-state index in [2.05, 4.69) is 35.6 Å². The number of thioether (sulfide) groups is 1. The van der Waals surface area contributed by atoms with Gasteiger partial charge in [-0.05, 0) is 13.0 Å². The molecule has 28 heavy (non-hydrogen) atoms. The van der Waals surface area contributed by atoms with Crippen molar-refractivity contribution in [3.8, 4) is 0 Å². The van der Waals surface area contributed by atoms with Gasteiger partial charge in [-0.3, -0.25) is 9.79 Å². The average molecular weight is 417 g/mol. The van der Waals surface area contributed by atoms with Gasteiger partial charge < -0.3 is 15.2 Å². The highest BCUT2D eigenvalue weighted by atomic mass is 35.5. The minimum Gasteiger partial charge on any atom is -0.347 e. The molecular formula is C17H17ClN8OS. The summed E-state index contributed by atoms with van der Waals surface area (Å²) in [7, 11) is 1.88. The fourth-order valence-electron chi connectivity index (χ4n) is 2.76. The third-order valence-electron chi connectivity index (χ3n) is 4.31. The van der Waals surface area contributed by atoms with E-state index in [0.717, 1.165) is 16.2 Å². The Labute approximate surface area is 170 Å². The van der Waals surface area contributed by atoms with E-state index < -0.39 is 0 Å². The van der Waals surface area contributed by atoms with Crippen molar-refractivity contribution in [1.29, 1.82) is 0 Å². The maximum absolute atomic E-state index is 12.6. The molecule has 1 amide bonds. The molecule has 1 aliphatic heterocycles. The fourth-order valence-corrected chi connectivity index (χ4v) is 3.93. The molecule has 11 heteroatoms. The van der Waals surface area contributed by atoms with Crippen LogP contribution in [0.15, 0.2) is 36.0 Å². The Balaban J connectivity index is 1.36. The molecule has 9 nitrogen and oxygen atoms in total. The van der Waals surface area contributed by atoms with Crippen molar-refractivity contribution in [3.05, 3.63) is 41.8 Å². The number of nitrogens with one attached hydrogen (secondary N) is 2. The minimum absolute atomic E-state index is 0.0985. The van der Waals surface area contributed by atoms with Gasteiger partial charge in [0.1, 0.15) is 28.5 Å². The molecule has 0 saturated carbocycles. The largest absolute Gasteiger partial charge is 0.347 e. The monoisotopic (exact) mass is 416 g/mol. The van der Waals surface area contributed by atoms with E-state index in [1.54, 1.807) is 36.4 Å². The van der Waals surface area contributed by atoms with Crippen LogP contribution in [0, 0.1) is 0 Å². The summed E-state index contributed by atoms with van der Waals surface area (Å²) in [5.74, 6) is 0.359. The predicted molar refractivity (Wildman–Crippen MR) is 110 cm³/mol. The zero-order valence-corrected chi connectivity index (χ0v) is 16.7. The molecule has 0 bridgehead atoms. The number of aryl methyl sites for hydroxylation is 1. The van der Waals surface area contributed by atoms with Gasteiger partial charge >= 0.3 is 0 Å². The van der Waals surface area contributed by atoms with Crippen molar-refractivity contribution in [2.45, 2.75) is 18.2 Å². The lowest BCUT2D eigenvalue weighted by atomic mass is 10.2. The fraction of sp³-hybridized carbons (Fsp3) is 0.294. The number of amidine groups is 1. The summed E-state index contributed by atoms with van der Waals surface area (Å²) in [4.78, 5) is 33.5. The predicted octanol–water partition coefficient (Wildman–Crippen LogP) is 2.11. The Morgan fingerprint density at radius 3 is 3.00 bits per heavy atom. The van der Waals surface area contributed by atoms with E-state index in [4.69, 9.17) is 11.6 Å². The molecule has 0 aliphatic carbocycles. The summed E-state index contributed by atoms with van der Waals surface area (Å²) >= 11 is 7.42. The number of rotatable bonds is 4. The number of anilines is 1. The molecule has 2 unspecified atom stereocenters. The number of hydrogen-bond donors (Lipinski definition) is 2. The van der Waals surface area contributed by atoms with E-state index in [0.29, 0.717) is 23.2 Å². The molecule has 0 spiro atoms. The van der Waals surface area contributed by atoms with Crippen LogP contribution in [0.5, 0.6) is 0 Å². The summed E-state index contributed by atoms with van der Waals surface area (Å²) in [6, 6.07) is 3.27. The van der Waals surface area contributed by atoms with Gasteiger partial charge in [-0.25, -0.2) is 19.9 Å². The summed E-state index contributed by atoms with van der Waals surface area (Å²) in [6.45, 7) is 2.54. The van der Waals surface area contributed by atoms with Crippen molar-refractivity contribution in [1.82, 2.24) is 29.8 Å². The lowest BCUT2D eigenvalue weighted by Gasteiger charge is -2.19. The van der Waals surface area contributed by atoms with Crippen LogP contribution in [0.3, 0.4) is 0 Å². The third kappa shape index (κ3) is 3.92. The normalized spacial score (nSPS) is 17.4. The Bertz CT molecular complexity index is 1070. The molecule has 1 aliphatic rings. The Hall–Kier alpha value is -2.72. The smallest absolute Gasteiger partial charge is 0.270 e. The molecule has 3 aromatic rings. The van der Waals surface area contributed by atoms with Crippen LogP contribution in [0.4, 0.5) is 5.82 Å². The van der Waals surface area contributed by atoms with Crippen LogP contribution in [-0.4, -0.2) is 53.4 Å². The number of halogens is 1. The van der Waals surface area contributed by atoms with Gasteiger partial charge in [0.2, 0.25) is 0 Å². The number of aliphatic imine (C=N–C) groups is 1. The van der Waals surface area contributed by atoms with Gasteiger partial charge in [0.15, 0.2) is 5.17 Å².